The summed E-state index contributed by atoms with van der Waals surface area (Å²) in [5.41, 5.74) is 1.22. The lowest BCUT2D eigenvalue weighted by molar-refractivity contribution is 0.0947. The number of nitrogens with zero attached hydrogens (tertiary/aromatic N) is 3. The highest BCUT2D eigenvalue weighted by Gasteiger charge is 2.34. The minimum Gasteiger partial charge on any atom is -0.346 e. The Morgan fingerprint density at radius 2 is 2.00 bits per heavy atom. The molecule has 0 atom stereocenters. The third-order valence-corrected chi connectivity index (χ3v) is 5.12. The van der Waals surface area contributed by atoms with Crippen LogP contribution >= 0.6 is 11.3 Å². The number of aliphatic imine (C=N–C) groups is 1. The fraction of sp³-hybridized carbons (Fsp3) is 0.316. The molecule has 0 saturated carbocycles. The van der Waals surface area contributed by atoms with Crippen LogP contribution in [0, 0.1) is 0 Å². The molecule has 27 heavy (non-hydrogen) atoms. The van der Waals surface area contributed by atoms with Gasteiger partial charge in [-0.1, -0.05) is 30.3 Å². The Morgan fingerprint density at radius 3 is 2.70 bits per heavy atom. The molecule has 2 aromatic rings. The molecule has 140 valence electrons. The third-order valence-electron chi connectivity index (χ3n) is 4.03. The Bertz CT molecular complexity index is 903. The number of aromatic nitrogens is 1. The van der Waals surface area contributed by atoms with Crippen LogP contribution in [-0.2, 0) is 6.54 Å². The number of likely N-dealkylation sites (N-methyl/N-ethyl adjacent to an activating group) is 1. The van der Waals surface area contributed by atoms with Crippen molar-refractivity contribution in [2.45, 2.75) is 13.0 Å². The molecule has 7 nitrogen and oxygen atoms in total. The van der Waals surface area contributed by atoms with Crippen molar-refractivity contribution in [3.05, 3.63) is 51.5 Å². The third kappa shape index (κ3) is 4.53. The van der Waals surface area contributed by atoms with E-state index in [4.69, 9.17) is 0 Å². The van der Waals surface area contributed by atoms with Crippen LogP contribution in [0.2, 0.25) is 0 Å². The molecule has 8 heteroatoms. The Kier molecular flexibility index (Phi) is 5.88. The lowest BCUT2D eigenvalue weighted by Gasteiger charge is -2.11. The first-order chi connectivity index (χ1) is 13.0. The Balaban J connectivity index is 1.73. The van der Waals surface area contributed by atoms with Crippen LogP contribution in [0.5, 0.6) is 0 Å². The molecular formula is C19H20N4O3S. The van der Waals surface area contributed by atoms with Gasteiger partial charge in [0.2, 0.25) is 5.78 Å². The summed E-state index contributed by atoms with van der Waals surface area (Å²) in [6, 6.07) is 9.47. The van der Waals surface area contributed by atoms with Gasteiger partial charge in [0.1, 0.15) is 10.6 Å². The van der Waals surface area contributed by atoms with Gasteiger partial charge in [-0.05, 0) is 19.7 Å². The number of ketones is 2. The quantitative estimate of drug-likeness (QED) is 0.821. The summed E-state index contributed by atoms with van der Waals surface area (Å²) in [6.07, 6.45) is -0.0352. The Labute approximate surface area is 161 Å². The molecule has 1 aromatic heterocycles. The second kappa shape index (κ2) is 8.32. The topological polar surface area (TPSA) is 91.7 Å². The van der Waals surface area contributed by atoms with Crippen LogP contribution in [0.25, 0.3) is 0 Å². The van der Waals surface area contributed by atoms with Crippen molar-refractivity contribution in [1.29, 1.82) is 0 Å². The zero-order valence-electron chi connectivity index (χ0n) is 15.2. The van der Waals surface area contributed by atoms with Crippen molar-refractivity contribution in [3.63, 3.8) is 0 Å². The summed E-state index contributed by atoms with van der Waals surface area (Å²) >= 11 is 0.964. The van der Waals surface area contributed by atoms with Gasteiger partial charge in [-0.2, -0.15) is 0 Å². The fourth-order valence-electron chi connectivity index (χ4n) is 2.58. The van der Waals surface area contributed by atoms with E-state index in [0.29, 0.717) is 19.6 Å². The van der Waals surface area contributed by atoms with E-state index in [1.807, 2.05) is 49.3 Å². The summed E-state index contributed by atoms with van der Waals surface area (Å²) in [6.45, 7) is 1.47. The number of Topliss-reactive ketones (excluding diaryl/α,β-unsaturated/α-hetero) is 2. The van der Waals surface area contributed by atoms with E-state index < -0.39 is 5.91 Å². The van der Waals surface area contributed by atoms with Crippen molar-refractivity contribution in [3.8, 4) is 0 Å². The lowest BCUT2D eigenvalue weighted by atomic mass is 9.98. The first kappa shape index (κ1) is 19.1. The number of hydrogen-bond acceptors (Lipinski definition) is 7. The van der Waals surface area contributed by atoms with Gasteiger partial charge < -0.3 is 10.2 Å². The number of rotatable bonds is 6. The van der Waals surface area contributed by atoms with Gasteiger partial charge in [-0.15, -0.1) is 11.3 Å². The van der Waals surface area contributed by atoms with Gasteiger partial charge >= 0.3 is 0 Å². The zero-order chi connectivity index (χ0) is 19.4. The number of fused-ring (bicyclic) bond motifs is 1. The highest BCUT2D eigenvalue weighted by Crippen LogP contribution is 2.26. The standard InChI is InChI=1S/C19H20N4O3S/c1-23(2)9-8-20-13-10-14(24)17-15(16(13)25)22-19(27-17)18(26)21-11-12-6-4-3-5-7-12/h3-7H,8-11H2,1-2H3,(H,21,26). The maximum atomic E-state index is 12.6. The van der Waals surface area contributed by atoms with Crippen LogP contribution < -0.4 is 5.32 Å². The highest BCUT2D eigenvalue weighted by molar-refractivity contribution is 7.16. The van der Waals surface area contributed by atoms with Crippen molar-refractivity contribution in [2.75, 3.05) is 27.2 Å². The predicted octanol–water partition coefficient (Wildman–Crippen LogP) is 1.84. The molecule has 0 fully saturated rings. The van der Waals surface area contributed by atoms with Crippen LogP contribution in [-0.4, -0.2) is 60.3 Å². The molecule has 1 aliphatic rings. The van der Waals surface area contributed by atoms with E-state index in [1.165, 1.54) is 0 Å². The van der Waals surface area contributed by atoms with Crippen LogP contribution in [0.4, 0.5) is 0 Å². The molecule has 1 N–H and O–H groups in total. The average molecular weight is 384 g/mol. The number of hydrogen-bond donors (Lipinski definition) is 1. The zero-order valence-corrected chi connectivity index (χ0v) is 16.0. The molecule has 0 radical (unpaired) electrons. The normalized spacial score (nSPS) is 15.3. The summed E-state index contributed by atoms with van der Waals surface area (Å²) in [7, 11) is 3.82. The van der Waals surface area contributed by atoms with Gasteiger partial charge in [0, 0.05) is 13.1 Å². The lowest BCUT2D eigenvalue weighted by Crippen LogP contribution is -2.28. The molecule has 0 saturated heterocycles. The summed E-state index contributed by atoms with van der Waals surface area (Å²) in [4.78, 5) is 47.9. The number of thiazole rings is 1. The summed E-state index contributed by atoms with van der Waals surface area (Å²) in [5, 5.41) is 2.88. The van der Waals surface area contributed by atoms with E-state index >= 15 is 0 Å². The van der Waals surface area contributed by atoms with Crippen LogP contribution in [0.1, 0.15) is 41.9 Å². The van der Waals surface area contributed by atoms with Crippen molar-refractivity contribution in [1.82, 2.24) is 15.2 Å². The van der Waals surface area contributed by atoms with Gasteiger partial charge in [-0.25, -0.2) is 4.98 Å². The Morgan fingerprint density at radius 1 is 1.26 bits per heavy atom. The predicted molar refractivity (Wildman–Crippen MR) is 104 cm³/mol. The number of benzene rings is 1. The molecule has 0 bridgehead atoms. The van der Waals surface area contributed by atoms with Gasteiger partial charge in [0.15, 0.2) is 10.8 Å². The molecule has 0 spiro atoms. The minimum absolute atomic E-state index is 0.0352. The second-order valence-corrected chi connectivity index (χ2v) is 7.42. The molecule has 0 aliphatic heterocycles. The van der Waals surface area contributed by atoms with E-state index in [-0.39, 0.29) is 39.3 Å². The molecule has 1 amide bonds. The van der Waals surface area contributed by atoms with Crippen LogP contribution in [0.15, 0.2) is 35.3 Å². The molecule has 0 unspecified atom stereocenters. The molecule has 3 rings (SSSR count). The SMILES string of the molecule is CN(C)CCN=C1CC(=O)c2sc(C(=O)NCc3ccccc3)nc2C1=O. The second-order valence-electron chi connectivity index (χ2n) is 6.43. The first-order valence-corrected chi connectivity index (χ1v) is 9.36. The maximum absolute atomic E-state index is 12.6. The van der Waals surface area contributed by atoms with E-state index in [9.17, 15) is 14.4 Å². The van der Waals surface area contributed by atoms with Crippen LogP contribution in [0.3, 0.4) is 0 Å². The van der Waals surface area contributed by atoms with E-state index in [2.05, 4.69) is 15.3 Å². The smallest absolute Gasteiger partial charge is 0.280 e. The number of amides is 1. The summed E-state index contributed by atoms with van der Waals surface area (Å²) in [5.74, 6) is -0.973. The summed E-state index contributed by atoms with van der Waals surface area (Å²) < 4.78 is 0. The minimum atomic E-state index is -0.398. The van der Waals surface area contributed by atoms with Gasteiger partial charge in [0.05, 0.1) is 18.7 Å². The van der Waals surface area contributed by atoms with Crippen molar-refractivity contribution in [2.24, 2.45) is 4.99 Å². The van der Waals surface area contributed by atoms with Crippen molar-refractivity contribution < 1.29 is 14.4 Å². The first-order valence-electron chi connectivity index (χ1n) is 8.54. The molecule has 1 heterocycles. The monoisotopic (exact) mass is 384 g/mol. The van der Waals surface area contributed by atoms with E-state index in [0.717, 1.165) is 16.9 Å². The largest absolute Gasteiger partial charge is 0.346 e. The molecule has 1 aromatic carbocycles. The fourth-order valence-corrected chi connectivity index (χ4v) is 3.49. The van der Waals surface area contributed by atoms with Gasteiger partial charge in [0.25, 0.3) is 5.91 Å². The van der Waals surface area contributed by atoms with E-state index in [1.54, 1.807) is 0 Å². The average Bonchev–Trinajstić information content (AvgIpc) is 3.11. The number of nitrogens with one attached hydrogen (secondary N) is 1. The highest BCUT2D eigenvalue weighted by atomic mass is 32.1. The Hall–Kier alpha value is -2.71. The molecular weight excluding hydrogens is 364 g/mol. The van der Waals surface area contributed by atoms with Gasteiger partial charge in [-0.3, -0.25) is 19.4 Å². The number of carbonyl (C=O) groups is 3. The maximum Gasteiger partial charge on any atom is 0.280 e. The van der Waals surface area contributed by atoms with Crippen molar-refractivity contribution >= 4 is 34.5 Å². The molecule has 1 aliphatic carbocycles. The number of carbonyl (C=O) groups excluding carboxylic acids is 3.